The summed E-state index contributed by atoms with van der Waals surface area (Å²) in [6, 6.07) is 0. The van der Waals surface area contributed by atoms with Gasteiger partial charge in [0.2, 0.25) is 5.91 Å². The number of aliphatic hydroxyl groups is 1. The van der Waals surface area contributed by atoms with Crippen molar-refractivity contribution in [1.29, 1.82) is 0 Å². The summed E-state index contributed by atoms with van der Waals surface area (Å²) in [6.07, 6.45) is 0. The Morgan fingerprint density at radius 2 is 2.00 bits per heavy atom. The van der Waals surface area contributed by atoms with Crippen molar-refractivity contribution in [2.75, 3.05) is 57.4 Å². The molecule has 1 fully saturated rings. The normalized spacial score (nSPS) is 17.8. The number of β-amino-alcohol motifs (C(OH)–C–C–N with tert-alkyl or cyclic N) is 1. The standard InChI is InChI=1S/C10H21N3O2S/c11-1-8-16-9-10(15)13-4-2-12(3-5-13)6-7-14/h14H,1-9,11H2. The Morgan fingerprint density at radius 3 is 2.56 bits per heavy atom. The number of nitrogens with zero attached hydrogens (tertiary/aromatic N) is 2. The van der Waals surface area contributed by atoms with Crippen LogP contribution >= 0.6 is 11.8 Å². The minimum absolute atomic E-state index is 0.195. The van der Waals surface area contributed by atoms with E-state index in [1.165, 1.54) is 0 Å². The number of piperazine rings is 1. The molecule has 0 atom stereocenters. The molecule has 0 aromatic carbocycles. The Hall–Kier alpha value is -0.300. The van der Waals surface area contributed by atoms with E-state index in [1.807, 2.05) is 4.90 Å². The lowest BCUT2D eigenvalue weighted by Crippen LogP contribution is -2.49. The van der Waals surface area contributed by atoms with Crippen LogP contribution in [0.4, 0.5) is 0 Å². The third-order valence-electron chi connectivity index (χ3n) is 2.63. The quantitative estimate of drug-likeness (QED) is 0.578. The van der Waals surface area contributed by atoms with E-state index in [0.29, 0.717) is 18.8 Å². The Balaban J connectivity index is 2.17. The molecular formula is C10H21N3O2S. The molecule has 6 heteroatoms. The van der Waals surface area contributed by atoms with Gasteiger partial charge in [0.25, 0.3) is 0 Å². The zero-order chi connectivity index (χ0) is 11.8. The van der Waals surface area contributed by atoms with Crippen molar-refractivity contribution in [2.45, 2.75) is 0 Å². The topological polar surface area (TPSA) is 69.8 Å². The third-order valence-corrected chi connectivity index (χ3v) is 3.60. The molecular weight excluding hydrogens is 226 g/mol. The highest BCUT2D eigenvalue weighted by molar-refractivity contribution is 7.99. The lowest BCUT2D eigenvalue weighted by molar-refractivity contribution is -0.130. The van der Waals surface area contributed by atoms with E-state index >= 15 is 0 Å². The first-order valence-corrected chi connectivity index (χ1v) is 6.82. The molecule has 1 amide bonds. The lowest BCUT2D eigenvalue weighted by Gasteiger charge is -2.34. The summed E-state index contributed by atoms with van der Waals surface area (Å²) in [6.45, 7) is 4.83. The third kappa shape index (κ3) is 4.69. The van der Waals surface area contributed by atoms with Gasteiger partial charge in [0.1, 0.15) is 0 Å². The first-order chi connectivity index (χ1) is 7.77. The van der Waals surface area contributed by atoms with Gasteiger partial charge in [0, 0.05) is 45.0 Å². The van der Waals surface area contributed by atoms with Crippen LogP contribution in [0.1, 0.15) is 0 Å². The predicted octanol–water partition coefficient (Wildman–Crippen LogP) is -1.19. The van der Waals surface area contributed by atoms with Crippen molar-refractivity contribution in [2.24, 2.45) is 5.73 Å². The highest BCUT2D eigenvalue weighted by Gasteiger charge is 2.20. The molecule has 0 spiro atoms. The summed E-state index contributed by atoms with van der Waals surface area (Å²) >= 11 is 1.60. The number of carbonyl (C=O) groups is 1. The van der Waals surface area contributed by atoms with E-state index in [0.717, 1.165) is 31.9 Å². The van der Waals surface area contributed by atoms with Gasteiger partial charge in [-0.3, -0.25) is 9.69 Å². The molecule has 5 nitrogen and oxygen atoms in total. The molecule has 0 aliphatic carbocycles. The minimum atomic E-state index is 0.195. The van der Waals surface area contributed by atoms with Gasteiger partial charge in [-0.25, -0.2) is 0 Å². The van der Waals surface area contributed by atoms with Crippen LogP contribution in [0.25, 0.3) is 0 Å². The van der Waals surface area contributed by atoms with E-state index < -0.39 is 0 Å². The summed E-state index contributed by atoms with van der Waals surface area (Å²) in [5.41, 5.74) is 5.37. The first-order valence-electron chi connectivity index (χ1n) is 5.66. The van der Waals surface area contributed by atoms with Crippen molar-refractivity contribution in [3.63, 3.8) is 0 Å². The highest BCUT2D eigenvalue weighted by atomic mass is 32.2. The smallest absolute Gasteiger partial charge is 0.232 e. The fourth-order valence-corrected chi connectivity index (χ4v) is 2.36. The van der Waals surface area contributed by atoms with Crippen LogP contribution in [-0.4, -0.2) is 78.2 Å². The monoisotopic (exact) mass is 247 g/mol. The van der Waals surface area contributed by atoms with Gasteiger partial charge in [-0.15, -0.1) is 0 Å². The molecule has 94 valence electrons. The van der Waals surface area contributed by atoms with Gasteiger partial charge in [-0.2, -0.15) is 11.8 Å². The second-order valence-electron chi connectivity index (χ2n) is 3.79. The number of nitrogens with two attached hydrogens (primary N) is 1. The zero-order valence-electron chi connectivity index (χ0n) is 9.60. The van der Waals surface area contributed by atoms with Crippen molar-refractivity contribution >= 4 is 17.7 Å². The summed E-state index contributed by atoms with van der Waals surface area (Å²) in [5.74, 6) is 1.59. The molecule has 0 aromatic rings. The highest BCUT2D eigenvalue weighted by Crippen LogP contribution is 2.05. The average Bonchev–Trinajstić information content (AvgIpc) is 2.30. The maximum Gasteiger partial charge on any atom is 0.232 e. The van der Waals surface area contributed by atoms with E-state index in [2.05, 4.69) is 4.90 Å². The van der Waals surface area contributed by atoms with Gasteiger partial charge < -0.3 is 15.7 Å². The van der Waals surface area contributed by atoms with Crippen molar-refractivity contribution in [1.82, 2.24) is 9.80 Å². The molecule has 3 N–H and O–H groups in total. The van der Waals surface area contributed by atoms with Gasteiger partial charge in [0.15, 0.2) is 0 Å². The Kier molecular flexibility index (Phi) is 6.79. The second kappa shape index (κ2) is 7.89. The van der Waals surface area contributed by atoms with Crippen molar-refractivity contribution in [3.8, 4) is 0 Å². The maximum atomic E-state index is 11.7. The zero-order valence-corrected chi connectivity index (χ0v) is 10.4. The van der Waals surface area contributed by atoms with E-state index in [-0.39, 0.29) is 12.5 Å². The number of amides is 1. The summed E-state index contributed by atoms with van der Waals surface area (Å²) in [5, 5.41) is 8.80. The molecule has 1 saturated heterocycles. The predicted molar refractivity (Wildman–Crippen MR) is 66.5 cm³/mol. The lowest BCUT2D eigenvalue weighted by atomic mass is 10.3. The number of carbonyl (C=O) groups excluding carboxylic acids is 1. The van der Waals surface area contributed by atoms with E-state index in [1.54, 1.807) is 11.8 Å². The molecule has 1 aliphatic heterocycles. The van der Waals surface area contributed by atoms with Crippen LogP contribution in [0, 0.1) is 0 Å². The Bertz CT molecular complexity index is 208. The van der Waals surface area contributed by atoms with Crippen LogP contribution in [0.2, 0.25) is 0 Å². The molecule has 1 rings (SSSR count). The fourth-order valence-electron chi connectivity index (χ4n) is 1.70. The van der Waals surface area contributed by atoms with Crippen molar-refractivity contribution < 1.29 is 9.90 Å². The molecule has 0 bridgehead atoms. The van der Waals surface area contributed by atoms with Crippen LogP contribution in [0.3, 0.4) is 0 Å². The minimum Gasteiger partial charge on any atom is -0.395 e. The average molecular weight is 247 g/mol. The number of hydrogen-bond donors (Lipinski definition) is 2. The molecule has 16 heavy (non-hydrogen) atoms. The summed E-state index contributed by atoms with van der Waals surface area (Å²) in [7, 11) is 0. The molecule has 1 heterocycles. The second-order valence-corrected chi connectivity index (χ2v) is 4.89. The van der Waals surface area contributed by atoms with Gasteiger partial charge in [-0.05, 0) is 0 Å². The first kappa shape index (κ1) is 13.8. The number of thioether (sulfide) groups is 1. The largest absolute Gasteiger partial charge is 0.395 e. The molecule has 0 saturated carbocycles. The summed E-state index contributed by atoms with van der Waals surface area (Å²) in [4.78, 5) is 15.8. The van der Waals surface area contributed by atoms with Crippen LogP contribution in [-0.2, 0) is 4.79 Å². The fraction of sp³-hybridized carbons (Fsp3) is 0.900. The van der Waals surface area contributed by atoms with E-state index in [9.17, 15) is 4.79 Å². The summed E-state index contributed by atoms with van der Waals surface area (Å²) < 4.78 is 0. The molecule has 1 aliphatic rings. The number of aliphatic hydroxyl groups excluding tert-OH is 1. The molecule has 0 unspecified atom stereocenters. The SMILES string of the molecule is NCCSCC(=O)N1CCN(CCO)CC1. The van der Waals surface area contributed by atoms with Gasteiger partial charge in [0.05, 0.1) is 12.4 Å². The van der Waals surface area contributed by atoms with Crippen LogP contribution < -0.4 is 5.73 Å². The van der Waals surface area contributed by atoms with E-state index in [4.69, 9.17) is 10.8 Å². The van der Waals surface area contributed by atoms with Gasteiger partial charge >= 0.3 is 0 Å². The number of rotatable bonds is 6. The Morgan fingerprint density at radius 1 is 1.31 bits per heavy atom. The van der Waals surface area contributed by atoms with Gasteiger partial charge in [-0.1, -0.05) is 0 Å². The molecule has 0 aromatic heterocycles. The van der Waals surface area contributed by atoms with Crippen LogP contribution in [0.15, 0.2) is 0 Å². The number of hydrogen-bond acceptors (Lipinski definition) is 5. The maximum absolute atomic E-state index is 11.7. The molecule has 0 radical (unpaired) electrons. The van der Waals surface area contributed by atoms with Crippen molar-refractivity contribution in [3.05, 3.63) is 0 Å². The van der Waals surface area contributed by atoms with Crippen LogP contribution in [0.5, 0.6) is 0 Å². The Labute approximate surface area is 101 Å².